The maximum absolute atomic E-state index is 12.7. The molecule has 0 aliphatic rings. The van der Waals surface area contributed by atoms with Gasteiger partial charge in [0, 0.05) is 11.6 Å². The number of phenols is 5. The van der Waals surface area contributed by atoms with Crippen LogP contribution in [0.3, 0.4) is 0 Å². The number of aromatic hydroxyl groups is 5. The monoisotopic (exact) mass is 386 g/mol. The lowest BCUT2D eigenvalue weighted by molar-refractivity contribution is 0.104. The molecule has 0 aromatic heterocycles. The third-order valence-electron chi connectivity index (χ3n) is 4.05. The first-order valence-electron chi connectivity index (χ1n) is 8.38. The molecule has 0 amide bonds. The maximum atomic E-state index is 12.7. The van der Waals surface area contributed by atoms with Crippen molar-refractivity contribution in [3.63, 3.8) is 0 Å². The average molecular weight is 386 g/mol. The number of hydrogen-bond acceptors (Lipinski definition) is 7. The van der Waals surface area contributed by atoms with Gasteiger partial charge < -0.3 is 30.3 Å². The fraction of sp³-hybridized carbons (Fsp3) is 0.190. The summed E-state index contributed by atoms with van der Waals surface area (Å²) >= 11 is 0. The quantitative estimate of drug-likeness (QED) is 0.222. The molecule has 0 bridgehead atoms. The lowest BCUT2D eigenvalue weighted by Gasteiger charge is -2.13. The minimum absolute atomic E-state index is 0.00185. The van der Waals surface area contributed by atoms with Crippen LogP contribution >= 0.6 is 0 Å². The van der Waals surface area contributed by atoms with Gasteiger partial charge in [-0.05, 0) is 44.0 Å². The van der Waals surface area contributed by atoms with Crippen molar-refractivity contribution >= 4 is 11.9 Å². The summed E-state index contributed by atoms with van der Waals surface area (Å²) in [6.45, 7) is 3.74. The summed E-state index contributed by atoms with van der Waals surface area (Å²) in [6.07, 6.45) is 4.44. The number of carbonyl (C=O) groups is 1. The van der Waals surface area contributed by atoms with Gasteiger partial charge in [0.15, 0.2) is 23.0 Å². The minimum atomic E-state index is -0.662. The predicted octanol–water partition coefficient (Wildman–Crippen LogP) is 3.63. The van der Waals surface area contributed by atoms with E-state index in [1.807, 2.05) is 13.8 Å². The van der Waals surface area contributed by atoms with Gasteiger partial charge in [0.2, 0.25) is 0 Å². The van der Waals surface area contributed by atoms with E-state index in [0.717, 1.165) is 23.8 Å². The van der Waals surface area contributed by atoms with Crippen LogP contribution in [-0.2, 0) is 6.42 Å². The van der Waals surface area contributed by atoms with Crippen LogP contribution in [0, 0.1) is 0 Å². The maximum Gasteiger partial charge on any atom is 0.200 e. The van der Waals surface area contributed by atoms with Crippen LogP contribution < -0.4 is 4.74 Å². The summed E-state index contributed by atoms with van der Waals surface area (Å²) < 4.78 is 5.11. The van der Waals surface area contributed by atoms with Crippen LogP contribution in [0.2, 0.25) is 0 Å². The fourth-order valence-electron chi connectivity index (χ4n) is 2.56. The molecule has 0 heterocycles. The zero-order chi connectivity index (χ0) is 21.0. The number of ether oxygens (including phenoxy) is 1. The Morgan fingerprint density at radius 1 is 0.964 bits per heavy atom. The van der Waals surface area contributed by atoms with Gasteiger partial charge in [-0.15, -0.1) is 0 Å². The van der Waals surface area contributed by atoms with E-state index in [9.17, 15) is 30.3 Å². The molecule has 0 radical (unpaired) electrons. The molecule has 2 aromatic carbocycles. The number of hydrogen-bond donors (Lipinski definition) is 5. The highest BCUT2D eigenvalue weighted by Gasteiger charge is 2.22. The molecular formula is C21H22O7. The van der Waals surface area contributed by atoms with E-state index in [2.05, 4.69) is 0 Å². The summed E-state index contributed by atoms with van der Waals surface area (Å²) in [6, 6.07) is 3.58. The Hall–Kier alpha value is -3.61. The molecule has 0 saturated heterocycles. The van der Waals surface area contributed by atoms with Gasteiger partial charge in [0.1, 0.15) is 22.8 Å². The molecule has 0 atom stereocenters. The van der Waals surface area contributed by atoms with E-state index >= 15 is 0 Å². The van der Waals surface area contributed by atoms with Crippen LogP contribution in [0.5, 0.6) is 34.5 Å². The Balaban J connectivity index is 2.46. The van der Waals surface area contributed by atoms with Crippen molar-refractivity contribution in [1.82, 2.24) is 0 Å². The van der Waals surface area contributed by atoms with Gasteiger partial charge in [-0.2, -0.15) is 0 Å². The van der Waals surface area contributed by atoms with Gasteiger partial charge in [0.05, 0.1) is 7.11 Å². The Bertz CT molecular complexity index is 944. The third-order valence-corrected chi connectivity index (χ3v) is 4.05. The first-order chi connectivity index (χ1) is 13.1. The number of phenolic OH excluding ortho intramolecular Hbond substituents is 5. The number of ketones is 1. The molecular weight excluding hydrogens is 364 g/mol. The second kappa shape index (κ2) is 8.39. The van der Waals surface area contributed by atoms with Crippen LogP contribution in [0.4, 0.5) is 0 Å². The molecule has 0 aliphatic carbocycles. The molecule has 5 N–H and O–H groups in total. The molecule has 0 saturated carbocycles. The molecule has 0 spiro atoms. The van der Waals surface area contributed by atoms with Crippen LogP contribution in [0.15, 0.2) is 35.9 Å². The normalized spacial score (nSPS) is 10.8. The summed E-state index contributed by atoms with van der Waals surface area (Å²) in [5, 5.41) is 49.1. The minimum Gasteiger partial charge on any atom is -0.507 e. The first kappa shape index (κ1) is 20.7. The smallest absolute Gasteiger partial charge is 0.200 e. The number of benzene rings is 2. The van der Waals surface area contributed by atoms with Gasteiger partial charge in [-0.1, -0.05) is 17.7 Å². The molecule has 2 aromatic rings. The molecule has 28 heavy (non-hydrogen) atoms. The first-order valence-corrected chi connectivity index (χ1v) is 8.38. The second-order valence-electron chi connectivity index (χ2n) is 6.39. The summed E-state index contributed by atoms with van der Waals surface area (Å²) in [5.41, 5.74) is 1.30. The standard InChI is InChI=1S/C21H22O7/c1-11(2)4-6-13-15(23)10-18(28-3)19(20(13)26)14(22)7-5-12-8-16(24)21(27)17(25)9-12/h4-5,7-10,23-27H,6H2,1-3H3/b7-5+. The zero-order valence-electron chi connectivity index (χ0n) is 15.7. The van der Waals surface area contributed by atoms with Crippen molar-refractivity contribution < 1.29 is 35.1 Å². The van der Waals surface area contributed by atoms with E-state index in [1.54, 1.807) is 6.08 Å². The van der Waals surface area contributed by atoms with Crippen molar-refractivity contribution in [3.05, 3.63) is 52.6 Å². The van der Waals surface area contributed by atoms with Crippen molar-refractivity contribution in [1.29, 1.82) is 0 Å². The van der Waals surface area contributed by atoms with E-state index in [4.69, 9.17) is 4.74 Å². The fourth-order valence-corrected chi connectivity index (χ4v) is 2.56. The Labute approximate surface area is 162 Å². The zero-order valence-corrected chi connectivity index (χ0v) is 15.7. The van der Waals surface area contributed by atoms with E-state index < -0.39 is 23.0 Å². The van der Waals surface area contributed by atoms with Crippen LogP contribution in [0.1, 0.15) is 35.3 Å². The second-order valence-corrected chi connectivity index (χ2v) is 6.39. The summed E-state index contributed by atoms with van der Waals surface area (Å²) in [4.78, 5) is 12.7. The summed E-state index contributed by atoms with van der Waals surface area (Å²) in [7, 11) is 1.31. The highest BCUT2D eigenvalue weighted by molar-refractivity contribution is 6.11. The van der Waals surface area contributed by atoms with Crippen molar-refractivity contribution in [2.75, 3.05) is 7.11 Å². The highest BCUT2D eigenvalue weighted by Crippen LogP contribution is 2.39. The highest BCUT2D eigenvalue weighted by atomic mass is 16.5. The lowest BCUT2D eigenvalue weighted by atomic mass is 9.99. The molecule has 2 rings (SSSR count). The van der Waals surface area contributed by atoms with E-state index in [0.29, 0.717) is 0 Å². The predicted molar refractivity (Wildman–Crippen MR) is 104 cm³/mol. The Kier molecular flexibility index (Phi) is 6.20. The Morgan fingerprint density at radius 2 is 1.57 bits per heavy atom. The van der Waals surface area contributed by atoms with Crippen molar-refractivity contribution in [3.8, 4) is 34.5 Å². The number of allylic oxidation sites excluding steroid dienone is 3. The topological polar surface area (TPSA) is 127 Å². The Morgan fingerprint density at radius 3 is 2.11 bits per heavy atom. The SMILES string of the molecule is COc1cc(O)c(CC=C(C)C)c(O)c1C(=O)/C=C/c1cc(O)c(O)c(O)c1. The molecule has 7 heteroatoms. The van der Waals surface area contributed by atoms with Gasteiger partial charge >= 0.3 is 0 Å². The number of carbonyl (C=O) groups excluding carboxylic acids is 1. The molecule has 0 aliphatic heterocycles. The molecule has 0 fully saturated rings. The summed E-state index contributed by atoms with van der Waals surface area (Å²) in [5.74, 6) is -2.93. The van der Waals surface area contributed by atoms with E-state index in [-0.39, 0.29) is 40.4 Å². The van der Waals surface area contributed by atoms with E-state index in [1.165, 1.54) is 19.3 Å². The van der Waals surface area contributed by atoms with Gasteiger partial charge in [0.25, 0.3) is 0 Å². The van der Waals surface area contributed by atoms with Crippen molar-refractivity contribution in [2.45, 2.75) is 20.3 Å². The van der Waals surface area contributed by atoms with Gasteiger partial charge in [-0.3, -0.25) is 4.79 Å². The molecule has 148 valence electrons. The molecule has 7 nitrogen and oxygen atoms in total. The van der Waals surface area contributed by atoms with Gasteiger partial charge in [-0.25, -0.2) is 0 Å². The van der Waals surface area contributed by atoms with Crippen molar-refractivity contribution in [2.24, 2.45) is 0 Å². The third kappa shape index (κ3) is 4.37. The number of methoxy groups -OCH3 is 1. The van der Waals surface area contributed by atoms with Crippen LogP contribution in [-0.4, -0.2) is 38.4 Å². The lowest BCUT2D eigenvalue weighted by Crippen LogP contribution is -2.02. The number of rotatable bonds is 6. The largest absolute Gasteiger partial charge is 0.507 e. The van der Waals surface area contributed by atoms with Crippen LogP contribution in [0.25, 0.3) is 6.08 Å². The molecule has 0 unspecified atom stereocenters. The average Bonchev–Trinajstić information content (AvgIpc) is 2.63.